The number of benzene rings is 1. The van der Waals surface area contributed by atoms with Crippen LogP contribution in [0.25, 0.3) is 20.9 Å². The zero-order valence-electron chi connectivity index (χ0n) is 12.9. The van der Waals surface area contributed by atoms with Gasteiger partial charge in [0, 0.05) is 39.2 Å². The van der Waals surface area contributed by atoms with Crippen molar-refractivity contribution in [3.05, 3.63) is 72.7 Å². The molecule has 0 aliphatic heterocycles. The predicted molar refractivity (Wildman–Crippen MR) is 102 cm³/mol. The minimum atomic E-state index is 0.799. The Morgan fingerprint density at radius 3 is 2.65 bits per heavy atom. The van der Waals surface area contributed by atoms with Gasteiger partial charge in [0.2, 0.25) is 0 Å². The number of thiophene rings is 1. The van der Waals surface area contributed by atoms with E-state index >= 15 is 0 Å². The Balaban J connectivity index is 1.92. The quantitative estimate of drug-likeness (QED) is 0.617. The van der Waals surface area contributed by atoms with Crippen molar-refractivity contribution >= 4 is 24.0 Å². The van der Waals surface area contributed by atoms with E-state index < -0.39 is 0 Å². The Kier molecular flexibility index (Phi) is 4.84. The molecule has 0 saturated heterocycles. The lowest BCUT2D eigenvalue weighted by Gasteiger charge is -2.08. The fourth-order valence-electron chi connectivity index (χ4n) is 2.41. The molecule has 1 N–H and O–H groups in total. The summed E-state index contributed by atoms with van der Waals surface area (Å²) in [6.45, 7) is 6.64. The molecule has 0 aliphatic carbocycles. The summed E-state index contributed by atoms with van der Waals surface area (Å²) in [7, 11) is 0. The Morgan fingerprint density at radius 1 is 1.13 bits per heavy atom. The number of aromatic nitrogens is 1. The van der Waals surface area contributed by atoms with E-state index in [2.05, 4.69) is 66.8 Å². The van der Waals surface area contributed by atoms with E-state index in [0.29, 0.717) is 0 Å². The number of rotatable bonds is 5. The summed E-state index contributed by atoms with van der Waals surface area (Å²) in [5, 5.41) is 3.17. The second kappa shape index (κ2) is 7.02. The summed E-state index contributed by atoms with van der Waals surface area (Å²) in [4.78, 5) is 7.55. The fourth-order valence-corrected chi connectivity index (χ4v) is 3.60. The van der Waals surface area contributed by atoms with Crippen molar-refractivity contribution in [3.63, 3.8) is 0 Å². The third-order valence-corrected chi connectivity index (χ3v) is 5.11. The summed E-state index contributed by atoms with van der Waals surface area (Å²) in [5.41, 5.74) is 4.92. The molecule has 0 bridgehead atoms. The Labute approximate surface area is 146 Å². The second-order valence-corrected chi connectivity index (χ2v) is 6.92. The van der Waals surface area contributed by atoms with Gasteiger partial charge in [-0.2, -0.15) is 0 Å². The van der Waals surface area contributed by atoms with Gasteiger partial charge in [-0.1, -0.05) is 18.7 Å². The molecule has 23 heavy (non-hydrogen) atoms. The van der Waals surface area contributed by atoms with Crippen LogP contribution in [0.1, 0.15) is 11.1 Å². The number of hydrogen-bond acceptors (Lipinski definition) is 4. The number of nitrogens with one attached hydrogen (secondary N) is 1. The van der Waals surface area contributed by atoms with Crippen LogP contribution in [-0.2, 0) is 6.54 Å². The molecular formula is C19H18N2S2. The van der Waals surface area contributed by atoms with Gasteiger partial charge in [0.05, 0.1) is 0 Å². The molecule has 0 amide bonds. The normalized spacial score (nSPS) is 10.5. The molecule has 4 heteroatoms. The molecule has 0 saturated carbocycles. The Morgan fingerprint density at radius 2 is 1.91 bits per heavy atom. The maximum Gasteiger partial charge on any atom is 0.0401 e. The standard InChI is InChI=1S/C19H18N2S2/c1-3-20-10-15-8-14(5-4-13(15)2)18-6-7-19(23-18)16-9-17(22)12-21-11-16/h3-9,11-12,20,22H,1,10H2,2H3. The van der Waals surface area contributed by atoms with Crippen LogP contribution in [0.5, 0.6) is 0 Å². The zero-order chi connectivity index (χ0) is 16.2. The minimum Gasteiger partial charge on any atom is -0.387 e. The van der Waals surface area contributed by atoms with Crippen molar-refractivity contribution in [3.8, 4) is 20.9 Å². The minimum absolute atomic E-state index is 0.799. The molecule has 116 valence electrons. The van der Waals surface area contributed by atoms with Gasteiger partial charge in [-0.25, -0.2) is 0 Å². The van der Waals surface area contributed by atoms with Crippen LogP contribution in [0.4, 0.5) is 0 Å². The lowest BCUT2D eigenvalue weighted by molar-refractivity contribution is 0.865. The number of pyridine rings is 1. The average molecular weight is 339 g/mol. The van der Waals surface area contributed by atoms with Crippen molar-refractivity contribution in [2.24, 2.45) is 0 Å². The molecule has 0 atom stereocenters. The third kappa shape index (κ3) is 3.66. The molecule has 1 aromatic carbocycles. The molecule has 0 fully saturated rings. The maximum atomic E-state index is 4.37. The summed E-state index contributed by atoms with van der Waals surface area (Å²) in [5.74, 6) is 0. The highest BCUT2D eigenvalue weighted by Gasteiger charge is 2.07. The van der Waals surface area contributed by atoms with Crippen LogP contribution in [0.2, 0.25) is 0 Å². The first-order valence-corrected chi connectivity index (χ1v) is 8.62. The molecule has 0 radical (unpaired) electrons. The van der Waals surface area contributed by atoms with Gasteiger partial charge in [0.15, 0.2) is 0 Å². The molecule has 2 heterocycles. The molecule has 0 unspecified atom stereocenters. The van der Waals surface area contributed by atoms with Gasteiger partial charge in [0.25, 0.3) is 0 Å². The molecule has 3 rings (SSSR count). The summed E-state index contributed by atoms with van der Waals surface area (Å²) >= 11 is 6.14. The number of aryl methyl sites for hydroxylation is 1. The van der Waals surface area contributed by atoms with E-state index in [1.807, 2.05) is 12.3 Å². The molecule has 2 aromatic heterocycles. The van der Waals surface area contributed by atoms with E-state index in [1.54, 1.807) is 23.7 Å². The lowest BCUT2D eigenvalue weighted by Crippen LogP contribution is -2.05. The zero-order valence-corrected chi connectivity index (χ0v) is 14.6. The second-order valence-electron chi connectivity index (χ2n) is 5.32. The van der Waals surface area contributed by atoms with Gasteiger partial charge in [0.1, 0.15) is 0 Å². The lowest BCUT2D eigenvalue weighted by atomic mass is 10.0. The Bertz CT molecular complexity index is 837. The highest BCUT2D eigenvalue weighted by Crippen LogP contribution is 2.35. The van der Waals surface area contributed by atoms with Crippen molar-refractivity contribution in [1.82, 2.24) is 10.3 Å². The van der Waals surface area contributed by atoms with Gasteiger partial charge < -0.3 is 5.32 Å². The van der Waals surface area contributed by atoms with Gasteiger partial charge in [-0.3, -0.25) is 4.98 Å². The number of nitrogens with zero attached hydrogens (tertiary/aromatic N) is 1. The molecule has 0 spiro atoms. The van der Waals surface area contributed by atoms with E-state index in [-0.39, 0.29) is 0 Å². The van der Waals surface area contributed by atoms with E-state index in [0.717, 1.165) is 17.0 Å². The smallest absolute Gasteiger partial charge is 0.0401 e. The maximum absolute atomic E-state index is 4.37. The number of hydrogen-bond donors (Lipinski definition) is 2. The SMILES string of the molecule is C=CNCc1cc(-c2ccc(-c3cncc(S)c3)s2)ccc1C. The van der Waals surface area contributed by atoms with Crippen molar-refractivity contribution in [2.75, 3.05) is 0 Å². The monoisotopic (exact) mass is 338 g/mol. The van der Waals surface area contributed by atoms with Crippen molar-refractivity contribution < 1.29 is 0 Å². The summed E-state index contributed by atoms with van der Waals surface area (Å²) in [6.07, 6.45) is 5.36. The highest BCUT2D eigenvalue weighted by molar-refractivity contribution is 7.80. The van der Waals surface area contributed by atoms with Crippen LogP contribution in [0.15, 0.2) is 66.5 Å². The van der Waals surface area contributed by atoms with Gasteiger partial charge >= 0.3 is 0 Å². The van der Waals surface area contributed by atoms with Gasteiger partial charge in [-0.05, 0) is 54.1 Å². The van der Waals surface area contributed by atoms with E-state index in [9.17, 15) is 0 Å². The first kappa shape index (κ1) is 15.8. The van der Waals surface area contributed by atoms with Crippen LogP contribution in [-0.4, -0.2) is 4.98 Å². The predicted octanol–water partition coefficient (Wildman–Crippen LogP) is 5.31. The van der Waals surface area contributed by atoms with Crippen LogP contribution in [0.3, 0.4) is 0 Å². The molecule has 0 aliphatic rings. The van der Waals surface area contributed by atoms with Crippen LogP contribution in [0, 0.1) is 6.92 Å². The average Bonchev–Trinajstić information content (AvgIpc) is 3.04. The topological polar surface area (TPSA) is 24.9 Å². The van der Waals surface area contributed by atoms with Crippen molar-refractivity contribution in [1.29, 1.82) is 0 Å². The Hall–Kier alpha value is -2.04. The molecular weight excluding hydrogens is 320 g/mol. The first-order valence-electron chi connectivity index (χ1n) is 7.36. The summed E-state index contributed by atoms with van der Waals surface area (Å²) < 4.78 is 0. The summed E-state index contributed by atoms with van der Waals surface area (Å²) in [6, 6.07) is 12.9. The van der Waals surface area contributed by atoms with Crippen LogP contribution < -0.4 is 5.32 Å². The highest BCUT2D eigenvalue weighted by atomic mass is 32.1. The number of thiol groups is 1. The van der Waals surface area contributed by atoms with Crippen molar-refractivity contribution in [2.45, 2.75) is 18.4 Å². The van der Waals surface area contributed by atoms with E-state index in [4.69, 9.17) is 0 Å². The van der Waals surface area contributed by atoms with E-state index in [1.165, 1.54) is 26.4 Å². The fraction of sp³-hybridized carbons (Fsp3) is 0.105. The van der Waals surface area contributed by atoms with Gasteiger partial charge in [-0.15, -0.1) is 24.0 Å². The largest absolute Gasteiger partial charge is 0.387 e. The molecule has 2 nitrogen and oxygen atoms in total. The molecule has 3 aromatic rings. The first-order chi connectivity index (χ1) is 11.2. The van der Waals surface area contributed by atoms with Crippen LogP contribution >= 0.6 is 24.0 Å². The third-order valence-electron chi connectivity index (χ3n) is 3.68.